The molecule has 0 amide bonds. The molecular formula is C11H14ClFN2O. The van der Waals surface area contributed by atoms with Crippen molar-refractivity contribution in [3.05, 3.63) is 29.1 Å². The summed E-state index contributed by atoms with van der Waals surface area (Å²) in [4.78, 5) is 0. The predicted molar refractivity (Wildman–Crippen MR) is 61.9 cm³/mol. The second kappa shape index (κ2) is 6.31. The number of nitrogens with two attached hydrogens (primary N) is 1. The average molecular weight is 245 g/mol. The lowest BCUT2D eigenvalue weighted by molar-refractivity contribution is 0.449. The molecule has 0 aliphatic rings. The maximum absolute atomic E-state index is 13.1. The zero-order valence-electron chi connectivity index (χ0n) is 8.90. The van der Waals surface area contributed by atoms with Crippen molar-refractivity contribution in [2.24, 2.45) is 5.73 Å². The molecule has 0 aliphatic heterocycles. The fraction of sp³-hybridized carbons (Fsp3) is 0.364. The minimum Gasteiger partial charge on any atom is -0.506 e. The van der Waals surface area contributed by atoms with E-state index in [1.54, 1.807) is 6.07 Å². The summed E-state index contributed by atoms with van der Waals surface area (Å²) in [6, 6.07) is 3.84. The van der Waals surface area contributed by atoms with E-state index in [1.807, 2.05) is 6.92 Å². The van der Waals surface area contributed by atoms with Crippen LogP contribution in [0.25, 0.3) is 0 Å². The summed E-state index contributed by atoms with van der Waals surface area (Å²) >= 11 is 0. The van der Waals surface area contributed by atoms with Crippen LogP contribution in [-0.4, -0.2) is 5.11 Å². The van der Waals surface area contributed by atoms with E-state index in [2.05, 4.69) is 0 Å². The van der Waals surface area contributed by atoms with Gasteiger partial charge in [0.15, 0.2) is 0 Å². The number of hydrogen-bond acceptors (Lipinski definition) is 3. The topological polar surface area (TPSA) is 70.0 Å². The van der Waals surface area contributed by atoms with Crippen molar-refractivity contribution in [1.29, 1.82) is 5.26 Å². The standard InChI is InChI=1S/C11H13FN2O.ClH/c1-2-3-10(14)7-4-5-9(12)8(6-13)11(7)15;/h4-5,10,15H,2-3,14H2,1H3;1H/t10-;/m1./s1. The van der Waals surface area contributed by atoms with Gasteiger partial charge in [0.1, 0.15) is 23.2 Å². The van der Waals surface area contributed by atoms with Crippen molar-refractivity contribution in [2.45, 2.75) is 25.8 Å². The second-order valence-electron chi connectivity index (χ2n) is 3.37. The minimum atomic E-state index is -0.720. The first-order valence-electron chi connectivity index (χ1n) is 4.78. The number of phenolic OH excluding ortho intramolecular Hbond substituents is 1. The summed E-state index contributed by atoms with van der Waals surface area (Å²) in [6.45, 7) is 1.96. The van der Waals surface area contributed by atoms with Crippen LogP contribution in [-0.2, 0) is 0 Å². The number of halogens is 2. The molecule has 88 valence electrons. The van der Waals surface area contributed by atoms with Crippen molar-refractivity contribution in [3.8, 4) is 11.8 Å². The van der Waals surface area contributed by atoms with Crippen LogP contribution in [0.1, 0.15) is 36.9 Å². The average Bonchev–Trinajstić information content (AvgIpc) is 2.18. The molecule has 5 heteroatoms. The van der Waals surface area contributed by atoms with Crippen molar-refractivity contribution in [1.82, 2.24) is 0 Å². The van der Waals surface area contributed by atoms with Gasteiger partial charge in [0.25, 0.3) is 0 Å². The second-order valence-corrected chi connectivity index (χ2v) is 3.37. The van der Waals surface area contributed by atoms with Gasteiger partial charge in [-0.2, -0.15) is 5.26 Å². The van der Waals surface area contributed by atoms with Gasteiger partial charge in [0.2, 0.25) is 0 Å². The molecule has 0 radical (unpaired) electrons. The van der Waals surface area contributed by atoms with Gasteiger partial charge < -0.3 is 10.8 Å². The largest absolute Gasteiger partial charge is 0.506 e. The van der Waals surface area contributed by atoms with Crippen LogP contribution in [0.4, 0.5) is 4.39 Å². The SMILES string of the molecule is CCC[C@@H](N)c1ccc(F)c(C#N)c1O.Cl. The normalized spacial score (nSPS) is 11.4. The highest BCUT2D eigenvalue weighted by Crippen LogP contribution is 2.30. The van der Waals surface area contributed by atoms with Gasteiger partial charge in [-0.15, -0.1) is 12.4 Å². The number of aromatic hydroxyl groups is 1. The van der Waals surface area contributed by atoms with Gasteiger partial charge in [0.05, 0.1) is 0 Å². The van der Waals surface area contributed by atoms with Crippen LogP contribution >= 0.6 is 12.4 Å². The van der Waals surface area contributed by atoms with E-state index in [0.29, 0.717) is 12.0 Å². The predicted octanol–water partition coefficient (Wildman–Crippen LogP) is 2.62. The number of phenols is 1. The van der Waals surface area contributed by atoms with E-state index in [0.717, 1.165) is 12.5 Å². The summed E-state index contributed by atoms with van der Waals surface area (Å²) in [5.41, 5.74) is 5.88. The molecule has 3 N–H and O–H groups in total. The van der Waals surface area contributed by atoms with E-state index in [1.165, 1.54) is 6.07 Å². The maximum Gasteiger partial charge on any atom is 0.144 e. The number of nitrogens with zero attached hydrogens (tertiary/aromatic N) is 1. The lowest BCUT2D eigenvalue weighted by Gasteiger charge is -2.13. The summed E-state index contributed by atoms with van der Waals surface area (Å²) < 4.78 is 13.1. The van der Waals surface area contributed by atoms with E-state index < -0.39 is 5.82 Å². The van der Waals surface area contributed by atoms with Crippen molar-refractivity contribution in [3.63, 3.8) is 0 Å². The van der Waals surface area contributed by atoms with Crippen molar-refractivity contribution < 1.29 is 9.50 Å². The van der Waals surface area contributed by atoms with Gasteiger partial charge >= 0.3 is 0 Å². The first-order chi connectivity index (χ1) is 7.11. The molecule has 1 aromatic carbocycles. The van der Waals surface area contributed by atoms with Gasteiger partial charge in [-0.25, -0.2) is 4.39 Å². The quantitative estimate of drug-likeness (QED) is 0.859. The first kappa shape index (κ1) is 14.7. The van der Waals surface area contributed by atoms with E-state index in [9.17, 15) is 9.50 Å². The Bertz CT molecular complexity index is 404. The van der Waals surface area contributed by atoms with E-state index in [4.69, 9.17) is 11.0 Å². The van der Waals surface area contributed by atoms with Gasteiger partial charge in [-0.1, -0.05) is 19.4 Å². The third-order valence-corrected chi connectivity index (χ3v) is 2.27. The highest BCUT2D eigenvalue weighted by atomic mass is 35.5. The Hall–Kier alpha value is -1.31. The molecule has 1 rings (SSSR count). The molecule has 1 aromatic rings. The highest BCUT2D eigenvalue weighted by molar-refractivity contribution is 5.85. The number of rotatable bonds is 3. The van der Waals surface area contributed by atoms with E-state index in [-0.39, 0.29) is 29.8 Å². The Morgan fingerprint density at radius 3 is 2.69 bits per heavy atom. The lowest BCUT2D eigenvalue weighted by atomic mass is 9.99. The fourth-order valence-electron chi connectivity index (χ4n) is 1.45. The van der Waals surface area contributed by atoms with Crippen LogP contribution in [0, 0.1) is 17.1 Å². The lowest BCUT2D eigenvalue weighted by Crippen LogP contribution is -2.10. The third-order valence-electron chi connectivity index (χ3n) is 2.27. The van der Waals surface area contributed by atoms with Crippen LogP contribution in [0.3, 0.4) is 0 Å². The van der Waals surface area contributed by atoms with Gasteiger partial charge in [-0.3, -0.25) is 0 Å². The van der Waals surface area contributed by atoms with Crippen LogP contribution in [0.5, 0.6) is 5.75 Å². The summed E-state index contributed by atoms with van der Waals surface area (Å²) in [7, 11) is 0. The highest BCUT2D eigenvalue weighted by Gasteiger charge is 2.16. The molecule has 1 atom stereocenters. The van der Waals surface area contributed by atoms with Crippen molar-refractivity contribution >= 4 is 12.4 Å². The summed E-state index contributed by atoms with van der Waals surface area (Å²) in [6.07, 6.45) is 1.55. The smallest absolute Gasteiger partial charge is 0.144 e. The van der Waals surface area contributed by atoms with Crippen molar-refractivity contribution in [2.75, 3.05) is 0 Å². The molecule has 3 nitrogen and oxygen atoms in total. The monoisotopic (exact) mass is 244 g/mol. The number of hydrogen-bond donors (Lipinski definition) is 2. The van der Waals surface area contributed by atoms with Crippen LogP contribution < -0.4 is 5.73 Å². The molecule has 0 spiro atoms. The fourth-order valence-corrected chi connectivity index (χ4v) is 1.45. The molecule has 0 heterocycles. The third kappa shape index (κ3) is 2.84. The molecule has 0 bridgehead atoms. The molecule has 0 saturated carbocycles. The zero-order chi connectivity index (χ0) is 11.4. The molecule has 0 unspecified atom stereocenters. The van der Waals surface area contributed by atoms with Gasteiger partial charge in [0, 0.05) is 11.6 Å². The zero-order valence-corrected chi connectivity index (χ0v) is 9.72. The molecule has 0 aliphatic carbocycles. The van der Waals surface area contributed by atoms with Crippen LogP contribution in [0.15, 0.2) is 12.1 Å². The van der Waals surface area contributed by atoms with Crippen LogP contribution in [0.2, 0.25) is 0 Å². The number of benzene rings is 1. The molecule has 0 fully saturated rings. The Kier molecular flexibility index (Phi) is 5.79. The minimum absolute atomic E-state index is 0. The molecule has 0 aromatic heterocycles. The number of nitriles is 1. The molecular weight excluding hydrogens is 231 g/mol. The maximum atomic E-state index is 13.1. The molecule has 16 heavy (non-hydrogen) atoms. The molecule has 0 saturated heterocycles. The Morgan fingerprint density at radius 1 is 1.56 bits per heavy atom. The van der Waals surface area contributed by atoms with E-state index >= 15 is 0 Å². The van der Waals surface area contributed by atoms with Gasteiger partial charge in [-0.05, 0) is 12.5 Å². The Morgan fingerprint density at radius 2 is 2.19 bits per heavy atom. The Labute approximate surface area is 100 Å². The Balaban J connectivity index is 0.00000225. The first-order valence-corrected chi connectivity index (χ1v) is 4.78. The summed E-state index contributed by atoms with van der Waals surface area (Å²) in [5, 5.41) is 18.3. The summed E-state index contributed by atoms with van der Waals surface area (Å²) in [5.74, 6) is -1.05.